The van der Waals surface area contributed by atoms with Crippen molar-refractivity contribution in [3.8, 4) is 0 Å². The van der Waals surface area contributed by atoms with Crippen LogP contribution in [0.4, 0.5) is 0 Å². The molecule has 2 aliphatic rings. The van der Waals surface area contributed by atoms with Gasteiger partial charge in [-0.15, -0.1) is 0 Å². The van der Waals surface area contributed by atoms with Crippen LogP contribution >= 0.6 is 0 Å². The molecule has 2 aliphatic heterocycles. The summed E-state index contributed by atoms with van der Waals surface area (Å²) >= 11 is 0. The first-order valence-corrected chi connectivity index (χ1v) is 6.07. The van der Waals surface area contributed by atoms with Crippen LogP contribution in [0.3, 0.4) is 0 Å². The Balaban J connectivity index is 2.07. The van der Waals surface area contributed by atoms with E-state index in [1.807, 2.05) is 0 Å². The maximum absolute atomic E-state index is 6.28. The Labute approximate surface area is 93.2 Å². The van der Waals surface area contributed by atoms with Gasteiger partial charge in [-0.3, -0.25) is 5.32 Å². The molecule has 0 amide bonds. The third kappa shape index (κ3) is 2.52. The minimum Gasteiger partial charge on any atom is -0.355 e. The van der Waals surface area contributed by atoms with Crippen molar-refractivity contribution < 1.29 is 4.74 Å². The minimum absolute atomic E-state index is 0.0284. The van der Waals surface area contributed by atoms with Crippen LogP contribution in [-0.4, -0.2) is 42.4 Å². The lowest BCUT2D eigenvalue weighted by atomic mass is 9.90. The molecule has 2 fully saturated rings. The normalized spacial score (nSPS) is 35.6. The number of hydrogen-bond donors (Lipinski definition) is 1. The molecule has 0 aliphatic carbocycles. The summed E-state index contributed by atoms with van der Waals surface area (Å²) in [7, 11) is 2.18. The number of rotatable bonds is 0. The van der Waals surface area contributed by atoms with E-state index in [1.54, 1.807) is 0 Å². The first kappa shape index (κ1) is 11.4. The predicted octanol–water partition coefficient (Wildman–Crippen LogP) is 1.59. The monoisotopic (exact) mass is 212 g/mol. The van der Waals surface area contributed by atoms with Gasteiger partial charge < -0.3 is 9.64 Å². The van der Waals surface area contributed by atoms with Crippen LogP contribution in [0, 0.1) is 0 Å². The number of nitrogens with zero attached hydrogens (tertiary/aromatic N) is 1. The Hall–Kier alpha value is -0.120. The van der Waals surface area contributed by atoms with Gasteiger partial charge in [-0.1, -0.05) is 0 Å². The highest BCUT2D eigenvalue weighted by molar-refractivity contribution is 4.95. The van der Waals surface area contributed by atoms with Gasteiger partial charge in [0.1, 0.15) is 5.72 Å². The van der Waals surface area contributed by atoms with Crippen molar-refractivity contribution in [1.82, 2.24) is 10.2 Å². The van der Waals surface area contributed by atoms with Crippen LogP contribution < -0.4 is 5.32 Å². The van der Waals surface area contributed by atoms with E-state index >= 15 is 0 Å². The Kier molecular flexibility index (Phi) is 2.82. The fourth-order valence-corrected chi connectivity index (χ4v) is 3.06. The third-order valence-corrected chi connectivity index (χ3v) is 3.57. The van der Waals surface area contributed by atoms with Crippen LogP contribution in [-0.2, 0) is 4.74 Å². The Morgan fingerprint density at radius 1 is 1.27 bits per heavy atom. The number of nitrogens with one attached hydrogen (secondary N) is 1. The average Bonchev–Trinajstić information content (AvgIpc) is 2.07. The van der Waals surface area contributed by atoms with Gasteiger partial charge in [0, 0.05) is 32.0 Å². The molecular weight excluding hydrogens is 188 g/mol. The molecule has 2 rings (SSSR count). The van der Waals surface area contributed by atoms with Crippen molar-refractivity contribution in [3.05, 3.63) is 0 Å². The first-order valence-electron chi connectivity index (χ1n) is 6.07. The van der Waals surface area contributed by atoms with Gasteiger partial charge in [0.15, 0.2) is 0 Å². The van der Waals surface area contributed by atoms with Gasteiger partial charge in [0.05, 0.1) is 5.60 Å². The quantitative estimate of drug-likeness (QED) is 0.660. The summed E-state index contributed by atoms with van der Waals surface area (Å²) < 4.78 is 6.28. The van der Waals surface area contributed by atoms with E-state index < -0.39 is 0 Å². The van der Waals surface area contributed by atoms with Crippen molar-refractivity contribution in [2.45, 2.75) is 57.4 Å². The summed E-state index contributed by atoms with van der Waals surface area (Å²) in [4.78, 5) is 2.38. The molecule has 0 aromatic carbocycles. The summed E-state index contributed by atoms with van der Waals surface area (Å²) in [6, 6.07) is 0.567. The van der Waals surface area contributed by atoms with E-state index in [-0.39, 0.29) is 11.3 Å². The number of likely N-dealkylation sites (tertiary alicyclic amines) is 1. The number of ether oxygens (including phenoxy) is 1. The summed E-state index contributed by atoms with van der Waals surface area (Å²) in [5.74, 6) is 0. The molecule has 2 heterocycles. The van der Waals surface area contributed by atoms with E-state index in [9.17, 15) is 0 Å². The van der Waals surface area contributed by atoms with Crippen LogP contribution in [0.5, 0.6) is 0 Å². The summed E-state index contributed by atoms with van der Waals surface area (Å²) in [5, 5.41) is 3.66. The van der Waals surface area contributed by atoms with Gasteiger partial charge in [-0.25, -0.2) is 0 Å². The van der Waals surface area contributed by atoms with E-state index in [2.05, 4.69) is 38.0 Å². The van der Waals surface area contributed by atoms with Gasteiger partial charge in [0.25, 0.3) is 0 Å². The molecule has 2 saturated heterocycles. The van der Waals surface area contributed by atoms with Crippen molar-refractivity contribution in [3.63, 3.8) is 0 Å². The highest BCUT2D eigenvalue weighted by atomic mass is 16.5. The predicted molar refractivity (Wildman–Crippen MR) is 61.8 cm³/mol. The highest BCUT2D eigenvalue weighted by Gasteiger charge is 2.44. The van der Waals surface area contributed by atoms with Gasteiger partial charge in [0.2, 0.25) is 0 Å². The van der Waals surface area contributed by atoms with Crippen molar-refractivity contribution >= 4 is 0 Å². The molecule has 0 saturated carbocycles. The molecule has 3 nitrogen and oxygen atoms in total. The molecule has 0 aromatic heterocycles. The molecule has 1 atom stereocenters. The van der Waals surface area contributed by atoms with Crippen molar-refractivity contribution in [2.75, 3.05) is 20.1 Å². The topological polar surface area (TPSA) is 24.5 Å². The second-order valence-electron chi connectivity index (χ2n) is 5.91. The zero-order valence-corrected chi connectivity index (χ0v) is 10.5. The van der Waals surface area contributed by atoms with E-state index in [1.165, 1.54) is 0 Å². The fraction of sp³-hybridized carbons (Fsp3) is 1.00. The van der Waals surface area contributed by atoms with Crippen LogP contribution in [0.2, 0.25) is 0 Å². The third-order valence-electron chi connectivity index (χ3n) is 3.57. The molecule has 15 heavy (non-hydrogen) atoms. The lowest BCUT2D eigenvalue weighted by Gasteiger charge is -2.51. The molecule has 3 heteroatoms. The molecule has 0 radical (unpaired) electrons. The largest absolute Gasteiger partial charge is 0.355 e. The molecule has 1 unspecified atom stereocenters. The average molecular weight is 212 g/mol. The lowest BCUT2D eigenvalue weighted by Crippen LogP contribution is -2.64. The summed E-state index contributed by atoms with van der Waals surface area (Å²) in [6.07, 6.45) is 3.32. The maximum atomic E-state index is 6.28. The van der Waals surface area contributed by atoms with Gasteiger partial charge in [-0.05, 0) is 34.2 Å². The second-order valence-corrected chi connectivity index (χ2v) is 5.91. The number of hydrogen-bond acceptors (Lipinski definition) is 3. The Bertz CT molecular complexity index is 232. The smallest absolute Gasteiger partial charge is 0.122 e. The van der Waals surface area contributed by atoms with E-state index in [0.29, 0.717) is 6.04 Å². The first-order chi connectivity index (χ1) is 6.91. The molecule has 1 N–H and O–H groups in total. The molecule has 0 bridgehead atoms. The van der Waals surface area contributed by atoms with Crippen LogP contribution in [0.1, 0.15) is 40.0 Å². The second kappa shape index (κ2) is 3.72. The van der Waals surface area contributed by atoms with E-state index in [4.69, 9.17) is 4.74 Å². The molecule has 1 spiro atoms. The summed E-state index contributed by atoms with van der Waals surface area (Å²) in [6.45, 7) is 8.96. The molecule has 88 valence electrons. The molecular formula is C12H24N2O. The zero-order chi connectivity index (χ0) is 11.1. The standard InChI is InChI=1S/C12H24N2O/c1-10-9-11(2,3)15-12(13-10)5-7-14(4)8-6-12/h10,13H,5-9H2,1-4H3. The highest BCUT2D eigenvalue weighted by Crippen LogP contribution is 2.35. The zero-order valence-electron chi connectivity index (χ0n) is 10.5. The van der Waals surface area contributed by atoms with Crippen molar-refractivity contribution in [2.24, 2.45) is 0 Å². The number of piperidine rings is 1. The minimum atomic E-state index is -0.0479. The van der Waals surface area contributed by atoms with Gasteiger partial charge >= 0.3 is 0 Å². The summed E-state index contributed by atoms with van der Waals surface area (Å²) in [5.41, 5.74) is -0.0196. The SMILES string of the molecule is CC1CC(C)(C)OC2(CCN(C)CC2)N1. The maximum Gasteiger partial charge on any atom is 0.122 e. The molecule has 0 aromatic rings. The van der Waals surface area contributed by atoms with Crippen LogP contribution in [0.15, 0.2) is 0 Å². The Morgan fingerprint density at radius 3 is 2.40 bits per heavy atom. The van der Waals surface area contributed by atoms with Crippen LogP contribution in [0.25, 0.3) is 0 Å². The fourth-order valence-electron chi connectivity index (χ4n) is 3.06. The van der Waals surface area contributed by atoms with Crippen molar-refractivity contribution in [1.29, 1.82) is 0 Å². The van der Waals surface area contributed by atoms with E-state index in [0.717, 1.165) is 32.4 Å². The Morgan fingerprint density at radius 2 is 1.87 bits per heavy atom. The lowest BCUT2D eigenvalue weighted by molar-refractivity contribution is -0.213. The van der Waals surface area contributed by atoms with Gasteiger partial charge in [-0.2, -0.15) is 0 Å².